The highest BCUT2D eigenvalue weighted by molar-refractivity contribution is 7.92. The van der Waals surface area contributed by atoms with Crippen LogP contribution in [-0.2, 0) is 26.8 Å². The van der Waals surface area contributed by atoms with Crippen LogP contribution in [0.1, 0.15) is 23.9 Å². The highest BCUT2D eigenvalue weighted by atomic mass is 32.2. The number of benzene rings is 1. The molecule has 1 aliphatic rings. The number of rotatable bonds is 4. The van der Waals surface area contributed by atoms with Crippen molar-refractivity contribution in [1.29, 1.82) is 0 Å². The molecule has 1 aromatic carbocycles. The van der Waals surface area contributed by atoms with Crippen molar-refractivity contribution in [2.24, 2.45) is 0 Å². The molecule has 0 aliphatic carbocycles. The van der Waals surface area contributed by atoms with Crippen molar-refractivity contribution in [3.8, 4) is 0 Å². The van der Waals surface area contributed by atoms with Gasteiger partial charge in [-0.3, -0.25) is 4.79 Å². The predicted molar refractivity (Wildman–Crippen MR) is 85.8 cm³/mol. The molecule has 2 heterocycles. The first kappa shape index (κ1) is 15.7. The summed E-state index contributed by atoms with van der Waals surface area (Å²) in [6, 6.07) is 9.14. The smallest absolute Gasteiger partial charge is 0.245 e. The predicted octanol–water partition coefficient (Wildman–Crippen LogP) is 1.88. The fourth-order valence-corrected chi connectivity index (χ4v) is 3.96. The molecule has 0 fully saturated rings. The number of anilines is 1. The van der Waals surface area contributed by atoms with Crippen LogP contribution < -0.4 is 4.90 Å². The van der Waals surface area contributed by atoms with Crippen LogP contribution in [0, 0.1) is 6.92 Å². The van der Waals surface area contributed by atoms with Crippen LogP contribution in [0.2, 0.25) is 0 Å². The molecule has 0 N–H and O–H groups in total. The van der Waals surface area contributed by atoms with Gasteiger partial charge in [-0.15, -0.1) is 0 Å². The second kappa shape index (κ2) is 5.81. The summed E-state index contributed by atoms with van der Waals surface area (Å²) in [4.78, 5) is 14.2. The minimum atomic E-state index is -3.66. The number of amides is 1. The lowest BCUT2D eigenvalue weighted by Gasteiger charge is -2.21. The van der Waals surface area contributed by atoms with Crippen LogP contribution in [0.5, 0.6) is 0 Å². The molecular formula is C16H18N2O4S. The zero-order valence-corrected chi connectivity index (χ0v) is 13.8. The Hall–Kier alpha value is -2.15. The van der Waals surface area contributed by atoms with Gasteiger partial charge in [-0.2, -0.15) is 0 Å². The van der Waals surface area contributed by atoms with Gasteiger partial charge in [0, 0.05) is 18.3 Å². The van der Waals surface area contributed by atoms with Crippen molar-refractivity contribution in [2.75, 3.05) is 11.4 Å². The average molecular weight is 334 g/mol. The van der Waals surface area contributed by atoms with E-state index in [4.69, 9.17) is 4.52 Å². The van der Waals surface area contributed by atoms with Crippen LogP contribution in [-0.4, -0.2) is 31.3 Å². The maximum Gasteiger partial charge on any atom is 0.245 e. The summed E-state index contributed by atoms with van der Waals surface area (Å²) in [5, 5.41) is 2.55. The third-order valence-electron chi connectivity index (χ3n) is 4.06. The molecule has 1 atom stereocenters. The van der Waals surface area contributed by atoms with Crippen molar-refractivity contribution < 1.29 is 17.7 Å². The fraction of sp³-hybridized carbons (Fsp3) is 0.375. The number of hydrogen-bond donors (Lipinski definition) is 0. The number of carbonyl (C=O) groups excluding carboxylic acids is 1. The summed E-state index contributed by atoms with van der Waals surface area (Å²) in [6.07, 6.45) is 0.746. The summed E-state index contributed by atoms with van der Waals surface area (Å²) in [5.74, 6) is -0.467. The molecule has 1 amide bonds. The number of nitrogens with zero attached hydrogens (tertiary/aromatic N) is 2. The molecule has 1 aliphatic heterocycles. The molecule has 3 rings (SSSR count). The minimum Gasteiger partial charge on any atom is -0.360 e. The maximum absolute atomic E-state index is 12.7. The van der Waals surface area contributed by atoms with Crippen molar-refractivity contribution in [3.05, 3.63) is 47.3 Å². The Morgan fingerprint density at radius 1 is 1.39 bits per heavy atom. The van der Waals surface area contributed by atoms with Gasteiger partial charge in [0.25, 0.3) is 0 Å². The van der Waals surface area contributed by atoms with Crippen molar-refractivity contribution in [3.63, 3.8) is 0 Å². The van der Waals surface area contributed by atoms with E-state index in [1.54, 1.807) is 17.9 Å². The van der Waals surface area contributed by atoms with Crippen LogP contribution >= 0.6 is 0 Å². The molecule has 0 radical (unpaired) electrons. The SMILES string of the molecule is Cc1cc(CS(=O)(=O)[C@H](C)C(=O)N2CCc3ccccc32)on1. The first-order chi connectivity index (χ1) is 10.9. The number of para-hydroxylation sites is 1. The zero-order valence-electron chi connectivity index (χ0n) is 13.0. The lowest BCUT2D eigenvalue weighted by molar-refractivity contribution is -0.117. The highest BCUT2D eigenvalue weighted by Gasteiger charge is 2.35. The van der Waals surface area contributed by atoms with Crippen LogP contribution in [0.15, 0.2) is 34.9 Å². The molecule has 23 heavy (non-hydrogen) atoms. The largest absolute Gasteiger partial charge is 0.360 e. The fourth-order valence-electron chi connectivity index (χ4n) is 2.75. The van der Waals surface area contributed by atoms with E-state index in [9.17, 15) is 13.2 Å². The van der Waals surface area contributed by atoms with Gasteiger partial charge in [-0.25, -0.2) is 8.42 Å². The van der Waals surface area contributed by atoms with Crippen LogP contribution in [0.25, 0.3) is 0 Å². The molecule has 0 saturated carbocycles. The third kappa shape index (κ3) is 3.01. The number of fused-ring (bicyclic) bond motifs is 1. The highest BCUT2D eigenvalue weighted by Crippen LogP contribution is 2.29. The third-order valence-corrected chi connectivity index (χ3v) is 6.03. The Balaban J connectivity index is 1.80. The van der Waals surface area contributed by atoms with Gasteiger partial charge in [0.2, 0.25) is 5.91 Å². The summed E-state index contributed by atoms with van der Waals surface area (Å²) in [7, 11) is -3.66. The van der Waals surface area contributed by atoms with Crippen LogP contribution in [0.3, 0.4) is 0 Å². The topological polar surface area (TPSA) is 80.5 Å². The van der Waals surface area contributed by atoms with Gasteiger partial charge in [0.15, 0.2) is 15.6 Å². The van der Waals surface area contributed by atoms with Crippen molar-refractivity contribution in [1.82, 2.24) is 5.16 Å². The summed E-state index contributed by atoms with van der Waals surface area (Å²) in [6.45, 7) is 3.66. The second-order valence-electron chi connectivity index (χ2n) is 5.75. The lowest BCUT2D eigenvalue weighted by Crippen LogP contribution is -2.41. The second-order valence-corrected chi connectivity index (χ2v) is 8.07. The van der Waals surface area contributed by atoms with Crippen molar-refractivity contribution in [2.45, 2.75) is 31.3 Å². The Morgan fingerprint density at radius 2 is 2.13 bits per heavy atom. The van der Waals surface area contributed by atoms with Gasteiger partial charge in [-0.1, -0.05) is 23.4 Å². The molecule has 0 spiro atoms. The molecule has 122 valence electrons. The number of aromatic nitrogens is 1. The van der Waals surface area contributed by atoms with E-state index in [-0.39, 0.29) is 11.5 Å². The monoisotopic (exact) mass is 334 g/mol. The molecule has 0 bridgehead atoms. The van der Waals surface area contributed by atoms with E-state index >= 15 is 0 Å². The average Bonchev–Trinajstić information content (AvgIpc) is 3.11. The van der Waals surface area contributed by atoms with Gasteiger partial charge in [0.05, 0.1) is 5.69 Å². The Labute approximate surface area is 135 Å². The van der Waals surface area contributed by atoms with Gasteiger partial charge in [-0.05, 0) is 31.9 Å². The summed E-state index contributed by atoms with van der Waals surface area (Å²) >= 11 is 0. The summed E-state index contributed by atoms with van der Waals surface area (Å²) in [5.41, 5.74) is 2.48. The summed E-state index contributed by atoms with van der Waals surface area (Å²) < 4.78 is 29.9. The van der Waals surface area contributed by atoms with E-state index in [2.05, 4.69) is 5.16 Å². The molecule has 7 heteroatoms. The van der Waals surface area contributed by atoms with E-state index < -0.39 is 21.0 Å². The van der Waals surface area contributed by atoms with Crippen LogP contribution in [0.4, 0.5) is 5.69 Å². The zero-order chi connectivity index (χ0) is 16.6. The van der Waals surface area contributed by atoms with E-state index in [1.807, 2.05) is 24.3 Å². The Bertz CT molecular complexity index is 841. The van der Waals surface area contributed by atoms with Gasteiger partial charge in [0.1, 0.15) is 11.0 Å². The number of sulfone groups is 1. The molecular weight excluding hydrogens is 316 g/mol. The van der Waals surface area contributed by atoms with E-state index in [0.717, 1.165) is 17.7 Å². The Morgan fingerprint density at radius 3 is 2.83 bits per heavy atom. The first-order valence-electron chi connectivity index (χ1n) is 7.41. The van der Waals surface area contributed by atoms with Crippen molar-refractivity contribution >= 4 is 21.4 Å². The molecule has 2 aromatic rings. The van der Waals surface area contributed by atoms with Gasteiger partial charge < -0.3 is 9.42 Å². The Kier molecular flexibility index (Phi) is 3.97. The van der Waals surface area contributed by atoms with Gasteiger partial charge >= 0.3 is 0 Å². The number of carbonyl (C=O) groups is 1. The standard InChI is InChI=1S/C16H18N2O4S/c1-11-9-14(22-17-11)10-23(20,21)12(2)16(19)18-8-7-13-5-3-4-6-15(13)18/h3-6,9,12H,7-8,10H2,1-2H3/t12-/m1/s1. The van der Waals surface area contributed by atoms with E-state index in [1.165, 1.54) is 6.92 Å². The normalized spacial score (nSPS) is 15.5. The first-order valence-corrected chi connectivity index (χ1v) is 9.13. The number of aryl methyl sites for hydroxylation is 1. The molecule has 0 unspecified atom stereocenters. The lowest BCUT2D eigenvalue weighted by atomic mass is 10.2. The quantitative estimate of drug-likeness (QED) is 0.853. The maximum atomic E-state index is 12.7. The molecule has 0 saturated heterocycles. The number of hydrogen-bond acceptors (Lipinski definition) is 5. The molecule has 1 aromatic heterocycles. The van der Waals surface area contributed by atoms with E-state index in [0.29, 0.717) is 12.2 Å². The molecule has 6 nitrogen and oxygen atoms in total. The minimum absolute atomic E-state index is 0.254.